The zero-order valence-corrected chi connectivity index (χ0v) is 15.5. The van der Waals surface area contributed by atoms with Gasteiger partial charge in [0, 0.05) is 25.7 Å². The summed E-state index contributed by atoms with van der Waals surface area (Å²) >= 11 is 0. The zero-order chi connectivity index (χ0) is 19.5. The topological polar surface area (TPSA) is 122 Å². The first-order valence-electron chi connectivity index (χ1n) is 9.24. The SMILES string of the molecule is COC[C@@H]1C[C@@H](NC(=O)c2nnc(-c3cc(C#N)ccc3OC3CC3)o2)CN1. The summed E-state index contributed by atoms with van der Waals surface area (Å²) in [5, 5.41) is 23.2. The van der Waals surface area contributed by atoms with Crippen molar-refractivity contribution < 1.29 is 18.7 Å². The maximum atomic E-state index is 12.5. The number of hydrogen-bond donors (Lipinski definition) is 2. The lowest BCUT2D eigenvalue weighted by atomic mass is 10.1. The molecule has 2 aliphatic rings. The van der Waals surface area contributed by atoms with Gasteiger partial charge in [0.05, 0.1) is 29.9 Å². The molecule has 2 N–H and O–H groups in total. The van der Waals surface area contributed by atoms with E-state index in [1.165, 1.54) is 0 Å². The van der Waals surface area contributed by atoms with Crippen molar-refractivity contribution in [1.29, 1.82) is 5.26 Å². The highest BCUT2D eigenvalue weighted by molar-refractivity contribution is 5.90. The minimum Gasteiger partial charge on any atom is -0.490 e. The first kappa shape index (κ1) is 18.4. The van der Waals surface area contributed by atoms with Crippen molar-refractivity contribution in [3.05, 3.63) is 29.7 Å². The van der Waals surface area contributed by atoms with E-state index in [0.717, 1.165) is 19.3 Å². The molecule has 2 fully saturated rings. The number of carbonyl (C=O) groups excluding carboxylic acids is 1. The zero-order valence-electron chi connectivity index (χ0n) is 15.5. The molecular weight excluding hydrogens is 362 g/mol. The van der Waals surface area contributed by atoms with E-state index in [1.807, 2.05) is 0 Å². The maximum Gasteiger partial charge on any atom is 0.309 e. The first-order chi connectivity index (χ1) is 13.7. The molecule has 1 aliphatic carbocycles. The Labute approximate surface area is 162 Å². The number of nitriles is 1. The number of benzene rings is 1. The van der Waals surface area contributed by atoms with E-state index in [9.17, 15) is 10.1 Å². The predicted octanol–water partition coefficient (Wildman–Crippen LogP) is 1.26. The van der Waals surface area contributed by atoms with Crippen LogP contribution in [0.25, 0.3) is 11.5 Å². The second-order valence-electron chi connectivity index (χ2n) is 7.02. The van der Waals surface area contributed by atoms with Crippen LogP contribution in [-0.4, -0.2) is 54.6 Å². The predicted molar refractivity (Wildman–Crippen MR) is 97.6 cm³/mol. The molecule has 1 saturated carbocycles. The van der Waals surface area contributed by atoms with E-state index in [2.05, 4.69) is 26.9 Å². The molecule has 1 amide bonds. The van der Waals surface area contributed by atoms with Crippen LogP contribution in [0.2, 0.25) is 0 Å². The van der Waals surface area contributed by atoms with Gasteiger partial charge in [-0.05, 0) is 37.5 Å². The Morgan fingerprint density at radius 2 is 2.29 bits per heavy atom. The van der Waals surface area contributed by atoms with Crippen LogP contribution in [0.1, 0.15) is 35.5 Å². The highest BCUT2D eigenvalue weighted by atomic mass is 16.5. The summed E-state index contributed by atoms with van der Waals surface area (Å²) in [6.45, 7) is 1.25. The van der Waals surface area contributed by atoms with Gasteiger partial charge in [-0.1, -0.05) is 0 Å². The minimum absolute atomic E-state index is 0.0290. The van der Waals surface area contributed by atoms with Gasteiger partial charge in [0.2, 0.25) is 0 Å². The van der Waals surface area contributed by atoms with Crippen LogP contribution in [0, 0.1) is 11.3 Å². The molecule has 0 unspecified atom stereocenters. The number of nitrogens with zero attached hydrogens (tertiary/aromatic N) is 3. The molecule has 1 aromatic heterocycles. The summed E-state index contributed by atoms with van der Waals surface area (Å²) in [4.78, 5) is 12.5. The molecule has 0 spiro atoms. The van der Waals surface area contributed by atoms with Gasteiger partial charge in [-0.3, -0.25) is 4.79 Å². The molecule has 146 valence electrons. The van der Waals surface area contributed by atoms with Crippen molar-refractivity contribution in [2.75, 3.05) is 20.3 Å². The molecule has 2 heterocycles. The number of rotatable bonds is 7. The van der Waals surface area contributed by atoms with Crippen LogP contribution in [0.5, 0.6) is 5.75 Å². The lowest BCUT2D eigenvalue weighted by Gasteiger charge is -2.10. The lowest BCUT2D eigenvalue weighted by molar-refractivity contribution is 0.0904. The number of amides is 1. The average Bonchev–Trinajstić information content (AvgIpc) is 3.19. The van der Waals surface area contributed by atoms with Crippen molar-refractivity contribution in [3.8, 4) is 23.3 Å². The van der Waals surface area contributed by atoms with Crippen LogP contribution in [-0.2, 0) is 4.74 Å². The number of hydrogen-bond acceptors (Lipinski definition) is 8. The summed E-state index contributed by atoms with van der Waals surface area (Å²) in [6.07, 6.45) is 2.93. The first-order valence-corrected chi connectivity index (χ1v) is 9.24. The third-order valence-electron chi connectivity index (χ3n) is 4.70. The van der Waals surface area contributed by atoms with Gasteiger partial charge in [-0.15, -0.1) is 10.2 Å². The van der Waals surface area contributed by atoms with E-state index in [0.29, 0.717) is 30.0 Å². The van der Waals surface area contributed by atoms with Crippen molar-refractivity contribution in [2.45, 2.75) is 37.5 Å². The standard InChI is InChI=1S/C19H21N5O4/c1-26-10-13-7-12(9-21-13)22-17(25)19-24-23-18(28-19)15-6-11(8-20)2-5-16(15)27-14-3-4-14/h2,5-6,12-14,21H,3-4,7,9-10H2,1H3,(H,22,25)/t12-,13+/m1/s1. The van der Waals surface area contributed by atoms with Crippen LogP contribution in [0.4, 0.5) is 0 Å². The van der Waals surface area contributed by atoms with Gasteiger partial charge in [0.15, 0.2) is 0 Å². The maximum absolute atomic E-state index is 12.5. The monoisotopic (exact) mass is 383 g/mol. The summed E-state index contributed by atoms with van der Waals surface area (Å²) in [6, 6.07) is 7.29. The van der Waals surface area contributed by atoms with Crippen LogP contribution in [0.15, 0.2) is 22.6 Å². The van der Waals surface area contributed by atoms with Crippen LogP contribution < -0.4 is 15.4 Å². The van der Waals surface area contributed by atoms with Crippen molar-refractivity contribution in [3.63, 3.8) is 0 Å². The summed E-state index contributed by atoms with van der Waals surface area (Å²) in [7, 11) is 1.65. The van der Waals surface area contributed by atoms with E-state index in [-0.39, 0.29) is 30.0 Å². The fourth-order valence-electron chi connectivity index (χ4n) is 3.16. The van der Waals surface area contributed by atoms with Crippen molar-refractivity contribution in [1.82, 2.24) is 20.8 Å². The van der Waals surface area contributed by atoms with E-state index >= 15 is 0 Å². The van der Waals surface area contributed by atoms with Crippen LogP contribution in [0.3, 0.4) is 0 Å². The van der Waals surface area contributed by atoms with Gasteiger partial charge in [0.25, 0.3) is 5.89 Å². The number of ether oxygens (including phenoxy) is 2. The summed E-state index contributed by atoms with van der Waals surface area (Å²) in [5.41, 5.74) is 0.962. The largest absolute Gasteiger partial charge is 0.490 e. The van der Waals surface area contributed by atoms with Crippen molar-refractivity contribution in [2.24, 2.45) is 0 Å². The van der Waals surface area contributed by atoms with E-state index < -0.39 is 5.91 Å². The number of nitrogens with one attached hydrogen (secondary N) is 2. The number of methoxy groups -OCH3 is 1. The Morgan fingerprint density at radius 1 is 1.43 bits per heavy atom. The van der Waals surface area contributed by atoms with E-state index in [4.69, 9.17) is 13.9 Å². The minimum atomic E-state index is -0.426. The van der Waals surface area contributed by atoms with Crippen molar-refractivity contribution >= 4 is 5.91 Å². The van der Waals surface area contributed by atoms with Gasteiger partial charge < -0.3 is 24.5 Å². The smallest absolute Gasteiger partial charge is 0.309 e. The molecule has 9 heteroatoms. The van der Waals surface area contributed by atoms with Gasteiger partial charge in [0.1, 0.15) is 5.75 Å². The highest BCUT2D eigenvalue weighted by Crippen LogP contribution is 2.35. The molecule has 9 nitrogen and oxygen atoms in total. The molecule has 0 bridgehead atoms. The molecule has 0 radical (unpaired) electrons. The molecule has 2 aromatic rings. The Hall–Kier alpha value is -2.96. The molecule has 1 saturated heterocycles. The third kappa shape index (κ3) is 4.13. The molecule has 2 atom stereocenters. The molecule has 4 rings (SSSR count). The van der Waals surface area contributed by atoms with Crippen LogP contribution >= 0.6 is 0 Å². The third-order valence-corrected chi connectivity index (χ3v) is 4.70. The van der Waals surface area contributed by atoms with Gasteiger partial charge in [-0.2, -0.15) is 5.26 Å². The summed E-state index contributed by atoms with van der Waals surface area (Å²) < 4.78 is 16.6. The van der Waals surface area contributed by atoms with Gasteiger partial charge in [-0.25, -0.2) is 0 Å². The Balaban J connectivity index is 1.48. The fraction of sp³-hybridized carbons (Fsp3) is 0.474. The molecule has 1 aromatic carbocycles. The number of aromatic nitrogens is 2. The number of carbonyl (C=O) groups is 1. The lowest BCUT2D eigenvalue weighted by Crippen LogP contribution is -2.36. The molecular formula is C19H21N5O4. The molecule has 1 aliphatic heterocycles. The second-order valence-corrected chi connectivity index (χ2v) is 7.02. The highest BCUT2D eigenvalue weighted by Gasteiger charge is 2.29. The van der Waals surface area contributed by atoms with Gasteiger partial charge >= 0.3 is 11.8 Å². The summed E-state index contributed by atoms with van der Waals surface area (Å²) in [5.74, 6) is 0.175. The average molecular weight is 383 g/mol. The normalized spacial score (nSPS) is 21.3. The quantitative estimate of drug-likeness (QED) is 0.733. The Bertz CT molecular complexity index is 902. The fourth-order valence-corrected chi connectivity index (χ4v) is 3.16. The Morgan fingerprint density at radius 3 is 3.04 bits per heavy atom. The molecule has 28 heavy (non-hydrogen) atoms. The van der Waals surface area contributed by atoms with E-state index in [1.54, 1.807) is 25.3 Å². The second kappa shape index (κ2) is 7.96. The Kier molecular flexibility index (Phi) is 5.23.